The van der Waals surface area contributed by atoms with Gasteiger partial charge < -0.3 is 10.2 Å². The zero-order chi connectivity index (χ0) is 13.5. The summed E-state index contributed by atoms with van der Waals surface area (Å²) in [5, 5.41) is 3.36. The Morgan fingerprint density at radius 3 is 2.21 bits per heavy atom. The third-order valence-electron chi connectivity index (χ3n) is 3.11. The van der Waals surface area contributed by atoms with Crippen LogP contribution >= 0.6 is 0 Å². The van der Waals surface area contributed by atoms with E-state index >= 15 is 0 Å². The first-order chi connectivity index (χ1) is 9.33. The Kier molecular flexibility index (Phi) is 4.72. The van der Waals surface area contributed by atoms with E-state index in [1.54, 1.807) is 6.33 Å². The van der Waals surface area contributed by atoms with Crippen LogP contribution in [0.5, 0.6) is 0 Å². The molecule has 0 aliphatic heterocycles. The maximum absolute atomic E-state index is 4.00. The van der Waals surface area contributed by atoms with Gasteiger partial charge in [-0.3, -0.25) is 0 Å². The molecule has 0 saturated carbocycles. The molecule has 0 bridgehead atoms. The van der Waals surface area contributed by atoms with E-state index in [1.807, 2.05) is 12.4 Å². The number of anilines is 2. The molecule has 100 valence electrons. The molecular weight excluding hydrogens is 236 g/mol. The van der Waals surface area contributed by atoms with Crippen LogP contribution in [-0.4, -0.2) is 23.1 Å². The molecule has 1 heterocycles. The molecule has 0 spiro atoms. The van der Waals surface area contributed by atoms with Crippen LogP contribution in [0.25, 0.3) is 0 Å². The first-order valence-corrected chi connectivity index (χ1v) is 6.66. The highest BCUT2D eigenvalue weighted by Gasteiger charge is 2.01. The van der Waals surface area contributed by atoms with Crippen LogP contribution in [0.1, 0.15) is 19.4 Å². The van der Waals surface area contributed by atoms with Crippen LogP contribution in [0.3, 0.4) is 0 Å². The summed E-state index contributed by atoms with van der Waals surface area (Å²) < 4.78 is 0. The minimum atomic E-state index is 0.742. The number of hydrogen-bond acceptors (Lipinski definition) is 4. The molecule has 1 aromatic heterocycles. The fourth-order valence-corrected chi connectivity index (χ4v) is 2.00. The van der Waals surface area contributed by atoms with Gasteiger partial charge in [0.05, 0.1) is 0 Å². The highest BCUT2D eigenvalue weighted by atomic mass is 15.1. The van der Waals surface area contributed by atoms with Gasteiger partial charge in [0.1, 0.15) is 6.33 Å². The highest BCUT2D eigenvalue weighted by Crippen LogP contribution is 2.18. The van der Waals surface area contributed by atoms with Gasteiger partial charge >= 0.3 is 0 Å². The third-order valence-corrected chi connectivity index (χ3v) is 3.11. The largest absolute Gasteiger partial charge is 0.381 e. The predicted octanol–water partition coefficient (Wildman–Crippen LogP) is 2.93. The van der Waals surface area contributed by atoms with Crippen molar-refractivity contribution in [1.29, 1.82) is 0 Å². The minimum absolute atomic E-state index is 0.742. The van der Waals surface area contributed by atoms with Gasteiger partial charge in [-0.1, -0.05) is 0 Å². The summed E-state index contributed by atoms with van der Waals surface area (Å²) in [5.74, 6) is 0. The lowest BCUT2D eigenvalue weighted by atomic mass is 10.2. The second-order valence-corrected chi connectivity index (χ2v) is 4.32. The maximum atomic E-state index is 4.00. The van der Waals surface area contributed by atoms with Gasteiger partial charge in [0, 0.05) is 49.0 Å². The van der Waals surface area contributed by atoms with Gasteiger partial charge in [-0.05, 0) is 38.1 Å². The van der Waals surface area contributed by atoms with Crippen LogP contribution in [0.2, 0.25) is 0 Å². The van der Waals surface area contributed by atoms with Crippen molar-refractivity contribution in [3.8, 4) is 0 Å². The monoisotopic (exact) mass is 256 g/mol. The number of benzene rings is 1. The van der Waals surface area contributed by atoms with Crippen LogP contribution in [-0.2, 0) is 6.54 Å². The van der Waals surface area contributed by atoms with Crippen LogP contribution in [0.15, 0.2) is 43.0 Å². The predicted molar refractivity (Wildman–Crippen MR) is 79.4 cm³/mol. The molecule has 2 rings (SSSR count). The number of nitrogens with one attached hydrogen (secondary N) is 1. The molecule has 2 aromatic rings. The summed E-state index contributed by atoms with van der Waals surface area (Å²) in [6.07, 6.45) is 5.19. The average Bonchev–Trinajstić information content (AvgIpc) is 2.49. The van der Waals surface area contributed by atoms with E-state index in [4.69, 9.17) is 0 Å². The van der Waals surface area contributed by atoms with Crippen molar-refractivity contribution in [1.82, 2.24) is 9.97 Å². The van der Waals surface area contributed by atoms with Crippen molar-refractivity contribution in [2.75, 3.05) is 23.3 Å². The second-order valence-electron chi connectivity index (χ2n) is 4.32. The Hall–Kier alpha value is -2.10. The van der Waals surface area contributed by atoms with Crippen molar-refractivity contribution in [3.63, 3.8) is 0 Å². The molecule has 0 aliphatic carbocycles. The van der Waals surface area contributed by atoms with Gasteiger partial charge in [0.15, 0.2) is 0 Å². The maximum Gasteiger partial charge on any atom is 0.115 e. The number of nitrogens with zero attached hydrogens (tertiary/aromatic N) is 3. The molecule has 0 radical (unpaired) electrons. The number of rotatable bonds is 6. The molecule has 0 atom stereocenters. The lowest BCUT2D eigenvalue weighted by Gasteiger charge is -2.21. The molecule has 1 N–H and O–H groups in total. The minimum Gasteiger partial charge on any atom is -0.381 e. The van der Waals surface area contributed by atoms with E-state index in [1.165, 1.54) is 5.69 Å². The summed E-state index contributed by atoms with van der Waals surface area (Å²) in [5.41, 5.74) is 3.45. The molecule has 0 fully saturated rings. The summed E-state index contributed by atoms with van der Waals surface area (Å²) >= 11 is 0. The van der Waals surface area contributed by atoms with Gasteiger partial charge in [-0.25, -0.2) is 9.97 Å². The molecule has 4 nitrogen and oxygen atoms in total. The van der Waals surface area contributed by atoms with Crippen LogP contribution in [0.4, 0.5) is 11.4 Å². The van der Waals surface area contributed by atoms with Gasteiger partial charge in [-0.15, -0.1) is 0 Å². The topological polar surface area (TPSA) is 41.0 Å². The smallest absolute Gasteiger partial charge is 0.115 e. The van der Waals surface area contributed by atoms with E-state index < -0.39 is 0 Å². The molecule has 19 heavy (non-hydrogen) atoms. The van der Waals surface area contributed by atoms with Gasteiger partial charge in [0.2, 0.25) is 0 Å². The molecule has 1 aromatic carbocycles. The highest BCUT2D eigenvalue weighted by molar-refractivity contribution is 5.55. The second kappa shape index (κ2) is 6.73. The van der Waals surface area contributed by atoms with Crippen molar-refractivity contribution in [2.45, 2.75) is 20.4 Å². The summed E-state index contributed by atoms with van der Waals surface area (Å²) in [7, 11) is 0. The fraction of sp³-hybridized carbons (Fsp3) is 0.333. The fourth-order valence-electron chi connectivity index (χ4n) is 2.00. The van der Waals surface area contributed by atoms with E-state index in [2.05, 4.69) is 58.3 Å². The number of hydrogen-bond donors (Lipinski definition) is 1. The van der Waals surface area contributed by atoms with Gasteiger partial charge in [-0.2, -0.15) is 0 Å². The van der Waals surface area contributed by atoms with Crippen molar-refractivity contribution in [2.24, 2.45) is 0 Å². The number of aromatic nitrogens is 2. The van der Waals surface area contributed by atoms with Crippen molar-refractivity contribution < 1.29 is 0 Å². The normalized spacial score (nSPS) is 10.2. The first kappa shape index (κ1) is 13.3. The third kappa shape index (κ3) is 3.68. The Labute approximate surface area is 114 Å². The molecule has 0 amide bonds. The van der Waals surface area contributed by atoms with E-state index in [0.29, 0.717) is 0 Å². The van der Waals surface area contributed by atoms with E-state index in [0.717, 1.165) is 30.9 Å². The van der Waals surface area contributed by atoms with Crippen molar-refractivity contribution >= 4 is 11.4 Å². The summed E-state index contributed by atoms with van der Waals surface area (Å²) in [6, 6.07) is 8.52. The lowest BCUT2D eigenvalue weighted by molar-refractivity contribution is 0.866. The van der Waals surface area contributed by atoms with Crippen molar-refractivity contribution in [3.05, 3.63) is 48.5 Å². The van der Waals surface area contributed by atoms with E-state index in [-0.39, 0.29) is 0 Å². The van der Waals surface area contributed by atoms with Gasteiger partial charge in [0.25, 0.3) is 0 Å². The first-order valence-electron chi connectivity index (χ1n) is 6.66. The van der Waals surface area contributed by atoms with Crippen LogP contribution in [0, 0.1) is 0 Å². The lowest BCUT2D eigenvalue weighted by Crippen LogP contribution is -2.21. The Morgan fingerprint density at radius 1 is 1.00 bits per heavy atom. The van der Waals surface area contributed by atoms with E-state index in [9.17, 15) is 0 Å². The molecule has 4 heteroatoms. The molecular formula is C15H20N4. The summed E-state index contributed by atoms with van der Waals surface area (Å²) in [4.78, 5) is 10.3. The summed E-state index contributed by atoms with van der Waals surface area (Å²) in [6.45, 7) is 7.15. The SMILES string of the molecule is CCN(CC)c1ccc(NCc2cncnc2)cc1. The average molecular weight is 256 g/mol. The zero-order valence-corrected chi connectivity index (χ0v) is 11.5. The van der Waals surface area contributed by atoms with Crippen LogP contribution < -0.4 is 10.2 Å². The molecule has 0 aliphatic rings. The standard InChI is InChI=1S/C15H20N4/c1-3-19(4-2)15-7-5-14(6-8-15)18-11-13-9-16-12-17-10-13/h5-10,12,18H,3-4,11H2,1-2H3. The Balaban J connectivity index is 1.95. The quantitative estimate of drug-likeness (QED) is 0.862. The molecule has 0 saturated heterocycles. The Morgan fingerprint density at radius 2 is 1.63 bits per heavy atom. The molecule has 0 unspecified atom stereocenters. The Bertz CT molecular complexity index is 477. The zero-order valence-electron chi connectivity index (χ0n) is 11.5.